The minimum absolute atomic E-state index is 0.0931. The van der Waals surface area contributed by atoms with Gasteiger partial charge in [-0.15, -0.1) is 0 Å². The van der Waals surface area contributed by atoms with Gasteiger partial charge < -0.3 is 25.0 Å². The molecule has 0 unspecified atom stereocenters. The van der Waals surface area contributed by atoms with E-state index in [4.69, 9.17) is 10.8 Å². The van der Waals surface area contributed by atoms with E-state index in [2.05, 4.69) is 19.9 Å². The van der Waals surface area contributed by atoms with Crippen LogP contribution >= 0.6 is 0 Å². The number of rotatable bonds is 4. The number of aromatic amines is 1. The summed E-state index contributed by atoms with van der Waals surface area (Å²) in [5.41, 5.74) is 11.3. The zero-order valence-corrected chi connectivity index (χ0v) is 25.6. The fourth-order valence-electron chi connectivity index (χ4n) is 3.41. The average molecular weight is 632 g/mol. The molecule has 0 saturated heterocycles. The van der Waals surface area contributed by atoms with Gasteiger partial charge in [0.1, 0.15) is 5.82 Å². The van der Waals surface area contributed by atoms with Crippen molar-refractivity contribution in [3.8, 4) is 11.4 Å². The van der Waals surface area contributed by atoms with E-state index in [1.54, 1.807) is 37.3 Å². The number of aliphatic hydroxyl groups excluding tert-OH is 1. The molecule has 0 aliphatic carbocycles. The third-order valence-corrected chi connectivity index (χ3v) is 5.65. The van der Waals surface area contributed by atoms with E-state index in [0.717, 1.165) is 65.5 Å². The van der Waals surface area contributed by atoms with Crippen molar-refractivity contribution < 1.29 is 19.3 Å². The van der Waals surface area contributed by atoms with Crippen LogP contribution in [0, 0.1) is 46.8 Å². The van der Waals surface area contributed by atoms with Gasteiger partial charge >= 0.3 is 0 Å². The van der Waals surface area contributed by atoms with Crippen LogP contribution in [0.15, 0.2) is 110 Å². The molecule has 0 fully saturated rings. The average Bonchev–Trinajstić information content (AvgIpc) is 3.83. The molecule has 6 rings (SSSR count). The highest BCUT2D eigenvalue weighted by atomic mass is 19.1. The van der Waals surface area contributed by atoms with Crippen LogP contribution in [-0.4, -0.2) is 51.1 Å². The Bertz CT molecular complexity index is 1750. The number of nitrogens with zero attached hydrogens (tertiary/aromatic N) is 7. The van der Waals surface area contributed by atoms with E-state index in [9.17, 15) is 24.6 Å². The van der Waals surface area contributed by atoms with Gasteiger partial charge in [-0.25, -0.2) is 19.3 Å². The van der Waals surface area contributed by atoms with E-state index < -0.39 is 15.7 Å². The molecule has 4 N–H and O–H groups in total. The highest BCUT2D eigenvalue weighted by Crippen LogP contribution is 2.15. The Morgan fingerprint density at radius 2 is 1.15 bits per heavy atom. The molecule has 46 heavy (non-hydrogen) atoms. The first kappa shape index (κ1) is 36.0. The molecule has 240 valence electrons. The van der Waals surface area contributed by atoms with Gasteiger partial charge in [0.05, 0.1) is 40.2 Å². The number of nitro groups is 2. The molecule has 3 aromatic carbocycles. The standard InChI is InChI=1S/C10H9N3O2.C10H11N3.C6H4FNO2.C4H6N2.CH4O/c1-8-6-12(7-11-8)9-2-4-10(5-3-9)13(14)15;1-8-6-13(7-12-8)10-4-2-9(11)3-5-10;7-5-1-3-6(4-2-5)8(9)10;1-4-2-5-3-6-4;1-2/h2-7H,1H3;2-7H,11H2,1H3;1-4H;2-3H,1H3,(H,5,6);2H,1H3. The molecule has 0 amide bonds. The Labute approximate surface area is 264 Å². The Morgan fingerprint density at radius 3 is 1.46 bits per heavy atom. The molecule has 6 aromatic rings. The lowest BCUT2D eigenvalue weighted by Crippen LogP contribution is -1.91. The predicted octanol–water partition coefficient (Wildman–Crippen LogP) is 5.91. The molecule has 3 aromatic heterocycles. The minimum atomic E-state index is -0.570. The van der Waals surface area contributed by atoms with Crippen molar-refractivity contribution in [3.05, 3.63) is 153 Å². The van der Waals surface area contributed by atoms with Crippen molar-refractivity contribution >= 4 is 17.1 Å². The van der Waals surface area contributed by atoms with Crippen LogP contribution < -0.4 is 5.73 Å². The van der Waals surface area contributed by atoms with E-state index in [1.807, 2.05) is 66.6 Å². The Morgan fingerprint density at radius 1 is 0.739 bits per heavy atom. The van der Waals surface area contributed by atoms with Gasteiger partial charge in [0.15, 0.2) is 0 Å². The van der Waals surface area contributed by atoms with Crippen LogP contribution in [0.25, 0.3) is 11.4 Å². The zero-order chi connectivity index (χ0) is 34.1. The molecular weight excluding hydrogens is 597 g/mol. The fraction of sp³-hybridized carbons (Fsp3) is 0.129. The second-order valence-corrected chi connectivity index (χ2v) is 9.18. The summed E-state index contributed by atoms with van der Waals surface area (Å²) >= 11 is 0. The largest absolute Gasteiger partial charge is 0.400 e. The van der Waals surface area contributed by atoms with Crippen LogP contribution in [0.4, 0.5) is 21.5 Å². The van der Waals surface area contributed by atoms with Crippen LogP contribution in [0.2, 0.25) is 0 Å². The number of aryl methyl sites for hydroxylation is 3. The van der Waals surface area contributed by atoms with Gasteiger partial charge in [0.25, 0.3) is 11.4 Å². The monoisotopic (exact) mass is 631 g/mol. The summed E-state index contributed by atoms with van der Waals surface area (Å²) in [4.78, 5) is 34.3. The van der Waals surface area contributed by atoms with Crippen molar-refractivity contribution in [3.63, 3.8) is 0 Å². The first-order chi connectivity index (χ1) is 22.0. The van der Waals surface area contributed by atoms with Gasteiger partial charge in [-0.3, -0.25) is 20.2 Å². The topological polar surface area (TPSA) is 197 Å². The molecule has 3 heterocycles. The maximum Gasteiger partial charge on any atom is 0.269 e. The number of imidazole rings is 3. The number of nitrogen functional groups attached to an aromatic ring is 1. The Hall–Kier alpha value is -6.22. The summed E-state index contributed by atoms with van der Waals surface area (Å²) in [6.07, 6.45) is 10.7. The summed E-state index contributed by atoms with van der Waals surface area (Å²) in [6, 6.07) is 18.4. The summed E-state index contributed by atoms with van der Waals surface area (Å²) in [7, 11) is 1.00. The van der Waals surface area contributed by atoms with Gasteiger partial charge in [-0.1, -0.05) is 0 Å². The van der Waals surface area contributed by atoms with Gasteiger partial charge in [0.2, 0.25) is 0 Å². The van der Waals surface area contributed by atoms with E-state index in [-0.39, 0.29) is 11.4 Å². The predicted molar refractivity (Wildman–Crippen MR) is 172 cm³/mol. The van der Waals surface area contributed by atoms with Crippen molar-refractivity contribution in [2.45, 2.75) is 20.8 Å². The van der Waals surface area contributed by atoms with E-state index >= 15 is 0 Å². The number of non-ortho nitro benzene ring substituents is 2. The first-order valence-corrected chi connectivity index (χ1v) is 13.4. The van der Waals surface area contributed by atoms with Crippen LogP contribution in [0.5, 0.6) is 0 Å². The number of halogens is 1. The normalized spacial score (nSPS) is 9.52. The highest BCUT2D eigenvalue weighted by molar-refractivity contribution is 5.45. The number of nitrogens with one attached hydrogen (secondary N) is 1. The molecule has 14 nitrogen and oxygen atoms in total. The molecule has 0 saturated carbocycles. The van der Waals surface area contributed by atoms with Crippen LogP contribution in [-0.2, 0) is 0 Å². The van der Waals surface area contributed by atoms with Gasteiger partial charge in [0, 0.05) is 72.7 Å². The van der Waals surface area contributed by atoms with Crippen molar-refractivity contribution in [2.24, 2.45) is 0 Å². The number of hydrogen-bond acceptors (Lipinski definition) is 9. The van der Waals surface area contributed by atoms with Gasteiger partial charge in [-0.2, -0.15) is 0 Å². The number of hydrogen-bond donors (Lipinski definition) is 3. The maximum absolute atomic E-state index is 12.1. The number of benzene rings is 3. The summed E-state index contributed by atoms with van der Waals surface area (Å²) in [5, 5.41) is 27.4. The van der Waals surface area contributed by atoms with E-state index in [1.165, 1.54) is 12.1 Å². The number of aromatic nitrogens is 6. The molecule has 15 heteroatoms. The molecule has 0 atom stereocenters. The summed E-state index contributed by atoms with van der Waals surface area (Å²) < 4.78 is 15.9. The quantitative estimate of drug-likeness (QED) is 0.120. The number of H-pyrrole nitrogens is 1. The minimum Gasteiger partial charge on any atom is -0.400 e. The third kappa shape index (κ3) is 12.2. The number of nitrogens with two attached hydrogens (primary N) is 1. The summed E-state index contributed by atoms with van der Waals surface area (Å²) in [6.45, 7) is 5.82. The van der Waals surface area contributed by atoms with Crippen molar-refractivity contribution in [1.29, 1.82) is 0 Å². The lowest BCUT2D eigenvalue weighted by atomic mass is 10.3. The number of nitro benzene ring substituents is 2. The summed E-state index contributed by atoms with van der Waals surface area (Å²) in [5.74, 6) is -0.467. The lowest BCUT2D eigenvalue weighted by molar-refractivity contribution is -0.385. The Balaban J connectivity index is 0.000000218. The van der Waals surface area contributed by atoms with Crippen molar-refractivity contribution in [1.82, 2.24) is 29.1 Å². The Kier molecular flexibility index (Phi) is 14.4. The van der Waals surface area contributed by atoms with Gasteiger partial charge in [-0.05, 0) is 69.3 Å². The van der Waals surface area contributed by atoms with Crippen LogP contribution in [0.1, 0.15) is 17.1 Å². The second-order valence-electron chi connectivity index (χ2n) is 9.18. The molecule has 0 bridgehead atoms. The third-order valence-electron chi connectivity index (χ3n) is 5.65. The molecule has 0 spiro atoms. The lowest BCUT2D eigenvalue weighted by Gasteiger charge is -2.00. The van der Waals surface area contributed by atoms with E-state index in [0.29, 0.717) is 0 Å². The number of anilines is 1. The molecular formula is C31H34FN9O5. The molecule has 0 radical (unpaired) electrons. The van der Waals surface area contributed by atoms with Crippen molar-refractivity contribution in [2.75, 3.05) is 12.8 Å². The maximum atomic E-state index is 12.1. The second kappa shape index (κ2) is 18.4. The SMILES string of the molecule is CO.Cc1cn(-c2ccc(N)cc2)cn1.Cc1cn(-c2ccc([N+](=O)[O-])cc2)cn1.Cc1cnc[nH]1.O=[N+]([O-])c1ccc(F)cc1. The van der Waals surface area contributed by atoms with Crippen LogP contribution in [0.3, 0.4) is 0 Å². The molecule has 0 aliphatic rings. The first-order valence-electron chi connectivity index (χ1n) is 13.4. The smallest absolute Gasteiger partial charge is 0.269 e. The fourth-order valence-corrected chi connectivity index (χ4v) is 3.41. The zero-order valence-electron chi connectivity index (χ0n) is 25.6. The highest BCUT2D eigenvalue weighted by Gasteiger charge is 2.05. The molecule has 0 aliphatic heterocycles. The number of aliphatic hydroxyl groups is 1.